The van der Waals surface area contributed by atoms with Gasteiger partial charge in [-0.1, -0.05) is 35.4 Å². The minimum absolute atomic E-state index is 0. The maximum absolute atomic E-state index is 12.7. The number of hydrogen-bond acceptors (Lipinski definition) is 4. The maximum atomic E-state index is 12.7. The van der Waals surface area contributed by atoms with Crippen LogP contribution in [0.3, 0.4) is 0 Å². The van der Waals surface area contributed by atoms with Crippen molar-refractivity contribution in [3.8, 4) is 5.75 Å². The maximum Gasteiger partial charge on any atom is 0.255 e. The smallest absolute Gasteiger partial charge is 0.255 e. The number of benzene rings is 1. The van der Waals surface area contributed by atoms with Gasteiger partial charge in [-0.25, -0.2) is 0 Å². The van der Waals surface area contributed by atoms with Crippen LogP contribution in [0.1, 0.15) is 43.0 Å². The van der Waals surface area contributed by atoms with Crippen LogP contribution in [0.2, 0.25) is 5.02 Å². The van der Waals surface area contributed by atoms with Gasteiger partial charge in [0.1, 0.15) is 5.75 Å². The second-order valence-electron chi connectivity index (χ2n) is 7.24. The number of nitrogens with zero attached hydrogens (tertiary/aromatic N) is 1. The Kier molecular flexibility index (Phi) is 8.23. The Morgan fingerprint density at radius 3 is 2.68 bits per heavy atom. The van der Waals surface area contributed by atoms with Crippen LogP contribution in [0, 0.1) is 0 Å². The summed E-state index contributed by atoms with van der Waals surface area (Å²) in [6.07, 6.45) is 10.8. The molecule has 1 fully saturated rings. The number of anilines is 1. The summed E-state index contributed by atoms with van der Waals surface area (Å²) in [5.74, 6) is 0.276. The molecule has 1 atom stereocenters. The minimum atomic E-state index is -0.166. The molecule has 3 rings (SSSR count). The van der Waals surface area contributed by atoms with Gasteiger partial charge in [0.15, 0.2) is 0 Å². The van der Waals surface area contributed by atoms with E-state index in [0.717, 1.165) is 38.8 Å². The van der Waals surface area contributed by atoms with Crippen molar-refractivity contribution in [3.63, 3.8) is 0 Å². The molecule has 154 valence electrons. The third kappa shape index (κ3) is 5.22. The van der Waals surface area contributed by atoms with Crippen molar-refractivity contribution < 1.29 is 9.53 Å². The first-order valence-corrected chi connectivity index (χ1v) is 9.91. The number of carbonyl (C=O) groups excluding carboxylic acids is 1. The summed E-state index contributed by atoms with van der Waals surface area (Å²) in [4.78, 5) is 15.2. The number of carbonyl (C=O) groups is 1. The summed E-state index contributed by atoms with van der Waals surface area (Å²) in [6.45, 7) is 4.24. The molecule has 1 saturated heterocycles. The van der Waals surface area contributed by atoms with Gasteiger partial charge in [0.25, 0.3) is 5.91 Å². The molecule has 7 heteroatoms. The lowest BCUT2D eigenvalue weighted by molar-refractivity contribution is 0.0900. The van der Waals surface area contributed by atoms with Crippen molar-refractivity contribution in [1.82, 2.24) is 10.2 Å². The number of likely N-dealkylation sites (tertiary alicyclic amines) is 1. The van der Waals surface area contributed by atoms with Crippen LogP contribution in [-0.2, 0) is 0 Å². The number of rotatable bonds is 5. The Balaban J connectivity index is 0.00000280. The van der Waals surface area contributed by atoms with E-state index in [1.807, 2.05) is 0 Å². The van der Waals surface area contributed by atoms with Gasteiger partial charge >= 0.3 is 0 Å². The Bertz CT molecular complexity index is 756. The number of nitrogens with one attached hydrogen (secondary N) is 1. The first kappa shape index (κ1) is 22.6. The second kappa shape index (κ2) is 10.2. The summed E-state index contributed by atoms with van der Waals surface area (Å²) < 4.78 is 5.29. The van der Waals surface area contributed by atoms with Gasteiger partial charge in [0, 0.05) is 31.2 Å². The summed E-state index contributed by atoms with van der Waals surface area (Å²) in [5.41, 5.74) is 8.12. The van der Waals surface area contributed by atoms with Crippen molar-refractivity contribution >= 4 is 35.6 Å². The topological polar surface area (TPSA) is 67.6 Å². The van der Waals surface area contributed by atoms with E-state index < -0.39 is 0 Å². The molecule has 1 unspecified atom stereocenters. The van der Waals surface area contributed by atoms with E-state index in [4.69, 9.17) is 22.1 Å². The van der Waals surface area contributed by atoms with Gasteiger partial charge < -0.3 is 15.8 Å². The fourth-order valence-corrected chi connectivity index (χ4v) is 3.98. The van der Waals surface area contributed by atoms with Crippen LogP contribution in [-0.4, -0.2) is 43.1 Å². The Labute approximate surface area is 178 Å². The number of allylic oxidation sites excluding steroid dienone is 3. The predicted octanol–water partition coefficient (Wildman–Crippen LogP) is 4.21. The van der Waals surface area contributed by atoms with E-state index in [9.17, 15) is 4.79 Å². The van der Waals surface area contributed by atoms with Gasteiger partial charge in [0.05, 0.1) is 23.4 Å². The van der Waals surface area contributed by atoms with E-state index in [1.54, 1.807) is 12.1 Å². The fourth-order valence-electron chi connectivity index (χ4n) is 3.81. The monoisotopic (exact) mass is 425 g/mol. The molecule has 28 heavy (non-hydrogen) atoms. The first-order chi connectivity index (χ1) is 13.0. The lowest BCUT2D eigenvalue weighted by Crippen LogP contribution is -2.47. The van der Waals surface area contributed by atoms with E-state index in [0.29, 0.717) is 28.1 Å². The summed E-state index contributed by atoms with van der Waals surface area (Å²) in [5, 5.41) is 3.49. The first-order valence-electron chi connectivity index (χ1n) is 9.53. The van der Waals surface area contributed by atoms with Crippen LogP contribution < -0.4 is 15.8 Å². The van der Waals surface area contributed by atoms with E-state index in [1.165, 1.54) is 12.7 Å². The molecule has 0 saturated carbocycles. The highest BCUT2D eigenvalue weighted by molar-refractivity contribution is 6.33. The quantitative estimate of drug-likeness (QED) is 0.693. The minimum Gasteiger partial charge on any atom is -0.496 e. The standard InChI is InChI=1S/C21H28ClN3O2.ClH/c1-14(15-6-4-3-5-7-15)25-10-8-16(9-11-25)24-21(26)17-12-18(22)19(23)13-20(17)27-2;/h3-4,6,12-14,16H,5,7-11,23H2,1-2H3,(H,24,26);1H. The molecule has 0 aromatic heterocycles. The molecular formula is C21H29Cl2N3O2. The molecule has 1 aliphatic carbocycles. The molecule has 1 amide bonds. The SMILES string of the molecule is COc1cc(N)c(Cl)cc1C(=O)NC1CCN(C(C)C2=CC=CCC2)CC1.Cl. The number of halogens is 2. The number of hydrogen-bond donors (Lipinski definition) is 2. The van der Waals surface area contributed by atoms with Gasteiger partial charge in [-0.15, -0.1) is 12.4 Å². The summed E-state index contributed by atoms with van der Waals surface area (Å²) in [6, 6.07) is 3.78. The van der Waals surface area contributed by atoms with Crippen molar-refractivity contribution in [2.24, 2.45) is 0 Å². The molecule has 1 aromatic rings. The molecule has 1 aromatic carbocycles. The molecule has 0 radical (unpaired) electrons. The van der Waals surface area contributed by atoms with E-state index >= 15 is 0 Å². The predicted molar refractivity (Wildman–Crippen MR) is 118 cm³/mol. The van der Waals surface area contributed by atoms with Crippen molar-refractivity contribution in [1.29, 1.82) is 0 Å². The van der Waals surface area contributed by atoms with Crippen LogP contribution >= 0.6 is 24.0 Å². The highest BCUT2D eigenvalue weighted by atomic mass is 35.5. The van der Waals surface area contributed by atoms with Crippen molar-refractivity contribution in [3.05, 3.63) is 46.5 Å². The number of methoxy groups -OCH3 is 1. The average Bonchev–Trinajstić information content (AvgIpc) is 2.70. The zero-order chi connectivity index (χ0) is 19.4. The molecule has 1 aliphatic heterocycles. The molecule has 0 spiro atoms. The van der Waals surface area contributed by atoms with Gasteiger partial charge in [-0.3, -0.25) is 9.69 Å². The lowest BCUT2D eigenvalue weighted by Gasteiger charge is -2.37. The van der Waals surface area contributed by atoms with Crippen LogP contribution in [0.25, 0.3) is 0 Å². The molecule has 3 N–H and O–H groups in total. The van der Waals surface area contributed by atoms with Gasteiger partial charge in [-0.2, -0.15) is 0 Å². The zero-order valence-electron chi connectivity index (χ0n) is 16.4. The highest BCUT2D eigenvalue weighted by Gasteiger charge is 2.26. The van der Waals surface area contributed by atoms with Crippen LogP contribution in [0.15, 0.2) is 35.9 Å². The molecular weight excluding hydrogens is 397 g/mol. The molecule has 5 nitrogen and oxygen atoms in total. The number of nitrogen functional groups attached to an aromatic ring is 1. The number of amides is 1. The number of nitrogens with two attached hydrogens (primary N) is 1. The summed E-state index contributed by atoms with van der Waals surface area (Å²) >= 11 is 6.08. The van der Waals surface area contributed by atoms with E-state index in [2.05, 4.69) is 35.4 Å². The molecule has 2 aliphatic rings. The van der Waals surface area contributed by atoms with Gasteiger partial charge in [0.2, 0.25) is 0 Å². The molecule has 0 bridgehead atoms. The lowest BCUT2D eigenvalue weighted by atomic mass is 9.95. The van der Waals surface area contributed by atoms with Crippen LogP contribution in [0.5, 0.6) is 5.75 Å². The number of ether oxygens (including phenoxy) is 1. The van der Waals surface area contributed by atoms with Gasteiger partial charge in [-0.05, 0) is 38.7 Å². The van der Waals surface area contributed by atoms with Crippen molar-refractivity contribution in [2.45, 2.75) is 44.7 Å². The van der Waals surface area contributed by atoms with Crippen molar-refractivity contribution in [2.75, 3.05) is 25.9 Å². The van der Waals surface area contributed by atoms with E-state index in [-0.39, 0.29) is 24.4 Å². The second-order valence-corrected chi connectivity index (χ2v) is 7.65. The Morgan fingerprint density at radius 2 is 2.07 bits per heavy atom. The highest BCUT2D eigenvalue weighted by Crippen LogP contribution is 2.29. The largest absolute Gasteiger partial charge is 0.496 e. The zero-order valence-corrected chi connectivity index (χ0v) is 18.0. The Morgan fingerprint density at radius 1 is 1.36 bits per heavy atom. The van der Waals surface area contributed by atoms with Crippen LogP contribution in [0.4, 0.5) is 5.69 Å². The Hall–Kier alpha value is -1.69. The average molecular weight is 426 g/mol. The third-order valence-corrected chi connectivity index (χ3v) is 5.89. The normalized spacial score (nSPS) is 18.8. The number of piperidine rings is 1. The third-order valence-electron chi connectivity index (χ3n) is 5.56. The molecule has 1 heterocycles. The fraction of sp³-hybridized carbons (Fsp3) is 0.476. The summed E-state index contributed by atoms with van der Waals surface area (Å²) in [7, 11) is 1.52.